The number of hydrogen-bond acceptors (Lipinski definition) is 6. The molecule has 0 unspecified atom stereocenters. The van der Waals surface area contributed by atoms with E-state index in [-0.39, 0.29) is 11.9 Å². The minimum absolute atomic E-state index is 0.0443. The van der Waals surface area contributed by atoms with Crippen LogP contribution in [-0.4, -0.2) is 36.4 Å². The summed E-state index contributed by atoms with van der Waals surface area (Å²) in [5, 5.41) is 6.12. The highest BCUT2D eigenvalue weighted by molar-refractivity contribution is 5.75. The average Bonchev–Trinajstić information content (AvgIpc) is 3.41. The lowest BCUT2D eigenvalue weighted by Gasteiger charge is -2.18. The maximum Gasteiger partial charge on any atom is 0.226 e. The maximum absolute atomic E-state index is 11.9. The number of hydrogen-bond donors (Lipinski definition) is 2. The Labute approximate surface area is 246 Å². The van der Waals surface area contributed by atoms with Gasteiger partial charge in [0, 0.05) is 36.6 Å². The number of carbonyl (C=O) groups excluding carboxylic acids is 2. The Morgan fingerprint density at radius 3 is 2.36 bits per heavy atom. The zero-order valence-corrected chi connectivity index (χ0v) is 24.1. The van der Waals surface area contributed by atoms with Crippen LogP contribution >= 0.6 is 0 Å². The molecule has 0 aliphatic heterocycles. The third-order valence-corrected chi connectivity index (χ3v) is 6.42. The lowest BCUT2D eigenvalue weighted by Crippen LogP contribution is -2.39. The van der Waals surface area contributed by atoms with Crippen molar-refractivity contribution in [2.24, 2.45) is 0 Å². The van der Waals surface area contributed by atoms with Gasteiger partial charge < -0.3 is 19.8 Å². The number of oxazole rings is 1. The highest BCUT2D eigenvalue weighted by atomic mass is 19.1. The van der Waals surface area contributed by atoms with Gasteiger partial charge in [-0.05, 0) is 54.9 Å². The molecule has 0 spiro atoms. The standard InChI is InChI=1S/C26H31N3O3.C8H7FO/c1-4-25(30)28-18-22(27-5-2)17-20-11-13-23(14-12-20)31-16-15-24-19(3)32-26(29-24)21-9-7-6-8-10-21;9-5-7-1-3-8(6-10)4-2-7/h5-14,22,27H,2,4,15-18H2,1,3H3,(H,28,30);1-4,6H,5H2/t22-;/m0./s1. The van der Waals surface area contributed by atoms with Gasteiger partial charge in [-0.15, -0.1) is 0 Å². The van der Waals surface area contributed by atoms with Crippen LogP contribution in [0.25, 0.3) is 11.5 Å². The molecule has 1 atom stereocenters. The van der Waals surface area contributed by atoms with Crippen molar-refractivity contribution in [3.05, 3.63) is 120 Å². The first-order valence-corrected chi connectivity index (χ1v) is 13.9. The van der Waals surface area contributed by atoms with Crippen LogP contribution in [0, 0.1) is 6.92 Å². The molecule has 7 nitrogen and oxygen atoms in total. The largest absolute Gasteiger partial charge is 0.493 e. The number of nitrogens with one attached hydrogen (secondary N) is 2. The number of rotatable bonds is 14. The molecule has 0 aliphatic carbocycles. The minimum atomic E-state index is -0.473. The summed E-state index contributed by atoms with van der Waals surface area (Å²) in [6, 6.07) is 24.4. The highest BCUT2D eigenvalue weighted by Gasteiger charge is 2.12. The van der Waals surface area contributed by atoms with Crippen molar-refractivity contribution in [2.75, 3.05) is 13.2 Å². The molecule has 8 heteroatoms. The van der Waals surface area contributed by atoms with Gasteiger partial charge in [0.1, 0.15) is 24.5 Å². The number of ether oxygens (including phenoxy) is 1. The van der Waals surface area contributed by atoms with Gasteiger partial charge in [-0.25, -0.2) is 9.37 Å². The smallest absolute Gasteiger partial charge is 0.226 e. The van der Waals surface area contributed by atoms with E-state index in [0.29, 0.717) is 43.0 Å². The average molecular weight is 572 g/mol. The lowest BCUT2D eigenvalue weighted by molar-refractivity contribution is -0.120. The van der Waals surface area contributed by atoms with Crippen LogP contribution in [0.3, 0.4) is 0 Å². The third-order valence-electron chi connectivity index (χ3n) is 6.42. The Hall–Kier alpha value is -4.72. The Morgan fingerprint density at radius 1 is 1.05 bits per heavy atom. The molecule has 4 aromatic rings. The van der Waals surface area contributed by atoms with Gasteiger partial charge >= 0.3 is 0 Å². The molecule has 0 saturated carbocycles. The molecule has 42 heavy (non-hydrogen) atoms. The van der Waals surface area contributed by atoms with E-state index in [4.69, 9.17) is 9.15 Å². The first-order chi connectivity index (χ1) is 20.4. The Bertz CT molecular complexity index is 1390. The van der Waals surface area contributed by atoms with Gasteiger partial charge in [-0.3, -0.25) is 9.59 Å². The summed E-state index contributed by atoms with van der Waals surface area (Å²) >= 11 is 0. The van der Waals surface area contributed by atoms with Crippen LogP contribution in [0.4, 0.5) is 4.39 Å². The van der Waals surface area contributed by atoms with Gasteiger partial charge in [-0.2, -0.15) is 0 Å². The topological polar surface area (TPSA) is 93.5 Å². The first kappa shape index (κ1) is 31.8. The van der Waals surface area contributed by atoms with Crippen molar-refractivity contribution in [2.45, 2.75) is 45.8 Å². The van der Waals surface area contributed by atoms with E-state index in [9.17, 15) is 14.0 Å². The van der Waals surface area contributed by atoms with Crippen LogP contribution in [0.1, 0.15) is 46.3 Å². The number of aldehydes is 1. The Kier molecular flexibility index (Phi) is 13.0. The molecule has 0 aliphatic rings. The molecule has 0 bridgehead atoms. The Balaban J connectivity index is 0.000000408. The second-order valence-electron chi connectivity index (χ2n) is 9.55. The van der Waals surface area contributed by atoms with Crippen LogP contribution < -0.4 is 15.4 Å². The molecule has 1 aromatic heterocycles. The van der Waals surface area contributed by atoms with Gasteiger partial charge in [0.2, 0.25) is 11.8 Å². The summed E-state index contributed by atoms with van der Waals surface area (Å²) < 4.78 is 23.6. The fourth-order valence-corrected chi connectivity index (χ4v) is 4.04. The van der Waals surface area contributed by atoms with E-state index in [1.807, 2.05) is 68.4 Å². The van der Waals surface area contributed by atoms with Crippen LogP contribution in [0.15, 0.2) is 96.1 Å². The SMILES string of the molecule is C=CN[C@H](CNC(=O)CC)Cc1ccc(OCCc2nc(-c3ccccc3)oc2C)cc1.O=Cc1ccc(CF)cc1. The second kappa shape index (κ2) is 17.2. The molecule has 1 heterocycles. The van der Waals surface area contributed by atoms with E-state index in [1.165, 1.54) is 0 Å². The predicted octanol–water partition coefficient (Wildman–Crippen LogP) is 6.41. The molecule has 2 N–H and O–H groups in total. The monoisotopic (exact) mass is 571 g/mol. The molecule has 4 rings (SSSR count). The van der Waals surface area contributed by atoms with Gasteiger partial charge in [0.05, 0.1) is 12.3 Å². The quantitative estimate of drug-likeness (QED) is 0.170. The van der Waals surface area contributed by atoms with E-state index in [2.05, 4.69) is 22.2 Å². The zero-order chi connectivity index (χ0) is 30.2. The summed E-state index contributed by atoms with van der Waals surface area (Å²) in [7, 11) is 0. The van der Waals surface area contributed by atoms with Crippen molar-refractivity contribution in [3.63, 3.8) is 0 Å². The Morgan fingerprint density at radius 2 is 1.74 bits per heavy atom. The summed E-state index contributed by atoms with van der Waals surface area (Å²) in [5.41, 5.74) is 4.22. The third kappa shape index (κ3) is 10.4. The molecule has 220 valence electrons. The number of halogens is 1. The first-order valence-electron chi connectivity index (χ1n) is 13.9. The van der Waals surface area contributed by atoms with Gasteiger partial charge in [0.25, 0.3) is 0 Å². The number of benzene rings is 3. The van der Waals surface area contributed by atoms with E-state index >= 15 is 0 Å². The fraction of sp³-hybridized carbons (Fsp3) is 0.265. The molecule has 1 amide bonds. The van der Waals surface area contributed by atoms with Crippen LogP contribution in [0.2, 0.25) is 0 Å². The minimum Gasteiger partial charge on any atom is -0.493 e. The number of amides is 1. The fourth-order valence-electron chi connectivity index (χ4n) is 4.04. The van der Waals surface area contributed by atoms with Crippen molar-refractivity contribution in [1.82, 2.24) is 15.6 Å². The summed E-state index contributed by atoms with van der Waals surface area (Å²) in [6.45, 7) is 8.11. The van der Waals surface area contributed by atoms with E-state index in [0.717, 1.165) is 41.0 Å². The predicted molar refractivity (Wildman–Crippen MR) is 163 cm³/mol. The van der Waals surface area contributed by atoms with Gasteiger partial charge in [-0.1, -0.05) is 68.1 Å². The molecule has 0 saturated heterocycles. The zero-order valence-electron chi connectivity index (χ0n) is 24.1. The summed E-state index contributed by atoms with van der Waals surface area (Å²) in [4.78, 5) is 26.3. The normalized spacial score (nSPS) is 11.0. The number of carbonyl (C=O) groups is 2. The highest BCUT2D eigenvalue weighted by Crippen LogP contribution is 2.22. The van der Waals surface area contributed by atoms with Crippen molar-refractivity contribution >= 4 is 12.2 Å². The summed E-state index contributed by atoms with van der Waals surface area (Å²) in [6.07, 6.45) is 4.33. The molecule has 0 fully saturated rings. The van der Waals surface area contributed by atoms with E-state index < -0.39 is 6.67 Å². The number of alkyl halides is 1. The van der Waals surface area contributed by atoms with E-state index in [1.54, 1.807) is 30.5 Å². The lowest BCUT2D eigenvalue weighted by atomic mass is 10.1. The maximum atomic E-state index is 11.9. The van der Waals surface area contributed by atoms with Crippen molar-refractivity contribution in [3.8, 4) is 17.2 Å². The molecule has 0 radical (unpaired) electrons. The van der Waals surface area contributed by atoms with Crippen molar-refractivity contribution in [1.29, 1.82) is 0 Å². The molecular formula is C34H38FN3O4. The molecular weight excluding hydrogens is 533 g/mol. The van der Waals surface area contributed by atoms with Crippen LogP contribution in [0.5, 0.6) is 5.75 Å². The number of aryl methyl sites for hydroxylation is 1. The molecule has 3 aromatic carbocycles. The van der Waals surface area contributed by atoms with Crippen LogP contribution in [-0.2, 0) is 24.3 Å². The second-order valence-corrected chi connectivity index (χ2v) is 9.55. The van der Waals surface area contributed by atoms with Crippen molar-refractivity contribution < 1.29 is 23.1 Å². The summed E-state index contributed by atoms with van der Waals surface area (Å²) in [5.74, 6) is 2.31. The van der Waals surface area contributed by atoms with Gasteiger partial charge in [0.15, 0.2) is 0 Å². The number of aromatic nitrogens is 1. The number of nitrogens with zero attached hydrogens (tertiary/aromatic N) is 1.